The molecular formula is C72H60Cl4N8O24S8. The van der Waals surface area contributed by atoms with Gasteiger partial charge in [-0.05, 0) is 194 Å². The SMILES string of the molecule is [2H]C([2H])([2H])c1noc(NS(=O)(=O)c2ccsc2C(=O)C([2H])([2H])c2cc3c(cc2C)OCO3)c1Cl.[2H]C1Oc2cc(C)c(C([2H])([2H])C(=O)c3sccc3S(=O)(=O)Nc3onc(C([2H])([2H])[2H])c3Cl)cc2O1.[2H]c1c(CC(=O)c2sccc2S(=O)(=O)Nc2onc(C([2H])([2H])[2H])c2Cl)c(C([2H])([2H])[2H])c([2H])c2c1OC([2H])([2H])O2.[2H]c1c(CC(=O)c2sccc2S(=O)(=O)Nc2onc(C([2H])([2H])[2H])c2Cl)c(C([2H])([2H])[2H])c([2H])c2c1OC([2H])O2. The fraction of sp³-hybridized carbons (Fsp3) is 0.222. The number of nitrogens with zero attached hydrogens (tertiary/aromatic N) is 4. The Kier molecular flexibility index (Phi) is 15.6. The van der Waals surface area contributed by atoms with Gasteiger partial charge in [0.2, 0.25) is 27.1 Å². The molecule has 0 saturated heterocycles. The zero-order valence-electron chi connectivity index (χ0n) is 87.1. The van der Waals surface area contributed by atoms with Crippen molar-refractivity contribution in [1.82, 2.24) is 20.6 Å². The minimum Gasteiger partial charge on any atom is -0.454 e. The second-order valence-corrected chi connectivity index (χ2v) is 34.6. The molecule has 2 atom stereocenters. The molecule has 0 fully saturated rings. The number of carbonyl (C=O) groups is 4. The highest BCUT2D eigenvalue weighted by atomic mass is 35.5. The first-order valence-corrected chi connectivity index (χ1v) is 42.0. The van der Waals surface area contributed by atoms with Crippen molar-refractivity contribution in [2.75, 3.05) is 46.0 Å². The summed E-state index contributed by atoms with van der Waals surface area (Å²) in [5.41, 5.74) is -4.37. The lowest BCUT2D eigenvalue weighted by Gasteiger charge is -2.09. The maximum Gasteiger partial charge on any atom is 0.265 e. The Labute approximate surface area is 738 Å². The topological polar surface area (TPSA) is 431 Å². The molecule has 4 N–H and O–H groups in total. The number of aromatic nitrogens is 4. The number of ketones is 4. The minimum atomic E-state index is -4.63. The molecule has 44 heteroatoms. The molecule has 2 unspecified atom stereocenters. The van der Waals surface area contributed by atoms with Crippen LogP contribution in [0.25, 0.3) is 0 Å². The number of Topliss-reactive ketones (excluding diaryl/α,β-unsaturated/α-hetero) is 4. The summed E-state index contributed by atoms with van der Waals surface area (Å²) in [5, 5.41) is 15.8. The molecule has 8 aromatic heterocycles. The number of fused-ring (bicyclic) bond motifs is 4. The van der Waals surface area contributed by atoms with Crippen LogP contribution < -0.4 is 56.8 Å². The molecule has 0 aliphatic carbocycles. The Bertz CT molecular complexity index is 7770. The zero-order chi connectivity index (χ0) is 109. The quantitative estimate of drug-likeness (QED) is 0.0408. The number of halogens is 4. The molecule has 32 nitrogen and oxygen atoms in total. The van der Waals surface area contributed by atoms with E-state index in [1.807, 2.05) is 18.9 Å². The summed E-state index contributed by atoms with van der Waals surface area (Å²) in [6, 6.07) is 7.06. The van der Waals surface area contributed by atoms with Crippen LogP contribution in [0.1, 0.15) is 147 Å². The lowest BCUT2D eigenvalue weighted by molar-refractivity contribution is 0.0985. The van der Waals surface area contributed by atoms with Gasteiger partial charge in [0.25, 0.3) is 63.6 Å². The van der Waals surface area contributed by atoms with E-state index in [0.717, 1.165) is 35.6 Å². The highest BCUT2D eigenvalue weighted by Gasteiger charge is 2.34. The summed E-state index contributed by atoms with van der Waals surface area (Å²) in [7, 11) is -18.3. The third kappa shape index (κ3) is 18.1. The van der Waals surface area contributed by atoms with Crippen molar-refractivity contribution in [1.29, 1.82) is 0 Å². The monoisotopic (exact) mass is 1850 g/mol. The molecule has 0 saturated carbocycles. The molecule has 4 aromatic carbocycles. The van der Waals surface area contributed by atoms with Gasteiger partial charge in [-0.2, -0.15) is 0 Å². The average Bonchev–Trinajstić information content (AvgIpc) is 1.65. The molecule has 12 heterocycles. The van der Waals surface area contributed by atoms with E-state index < -0.39 is 310 Å². The summed E-state index contributed by atoms with van der Waals surface area (Å²) in [4.78, 5) is 49.2. The highest BCUT2D eigenvalue weighted by molar-refractivity contribution is 7.94. The van der Waals surface area contributed by atoms with Crippen molar-refractivity contribution in [2.45, 2.75) is 100 Å². The average molecular weight is 1850 g/mol. The van der Waals surface area contributed by atoms with E-state index in [0.29, 0.717) is 50.9 Å². The Morgan fingerprint density at radius 1 is 0.405 bits per heavy atom. The van der Waals surface area contributed by atoms with Gasteiger partial charge in [0.15, 0.2) is 69.1 Å². The third-order valence-electron chi connectivity index (χ3n) is 15.2. The van der Waals surface area contributed by atoms with E-state index in [2.05, 4.69) is 20.6 Å². The summed E-state index contributed by atoms with van der Waals surface area (Å²) >= 11 is 26.4. The molecule has 16 rings (SSSR count). The number of benzene rings is 4. The number of nitrogens with one attached hydrogen (secondary N) is 4. The Morgan fingerprint density at radius 3 is 1.03 bits per heavy atom. The molecule has 0 spiro atoms. The standard InChI is InChI=1S/4C18H15ClN2O6S2/c4*1-9-5-13-14(26-8-25-13)7-11(9)6-12(22)17-15(3-4-28-17)29(23,24)21-18-16(19)10(2)20-27-18/h4*3-5,7,21H,6,8H2,1-2H3/i1D3,2D3,5D,7D,8D2;1D3,2D3,5D,7D,8D;2D3,6D2,8D;2D3,6D2. The van der Waals surface area contributed by atoms with E-state index in [1.54, 1.807) is 6.92 Å². The van der Waals surface area contributed by atoms with Gasteiger partial charge in [-0.3, -0.25) is 19.2 Å². The van der Waals surface area contributed by atoms with Crippen LogP contribution in [0.4, 0.5) is 23.5 Å². The molecule has 4 aliphatic heterocycles. The second-order valence-electron chi connectivity index (χ2n) is 22.8. The molecule has 12 aromatic rings. The normalized spacial score (nSPS) is 19.3. The second kappa shape index (κ2) is 34.1. The van der Waals surface area contributed by atoms with E-state index >= 15 is 0 Å². The van der Waals surface area contributed by atoms with Gasteiger partial charge in [0.05, 0.1) is 25.0 Å². The van der Waals surface area contributed by atoms with Gasteiger partial charge >= 0.3 is 0 Å². The van der Waals surface area contributed by atoms with Crippen molar-refractivity contribution < 1.29 is 150 Å². The smallest absolute Gasteiger partial charge is 0.265 e. The predicted octanol–water partition coefficient (Wildman–Crippen LogP) is 15.8. The number of hydrogen-bond acceptors (Lipinski definition) is 32. The van der Waals surface area contributed by atoms with Crippen molar-refractivity contribution in [3.8, 4) is 46.0 Å². The van der Waals surface area contributed by atoms with Crippen LogP contribution in [0.15, 0.2) is 132 Å². The Morgan fingerprint density at radius 2 is 0.698 bits per heavy atom. The van der Waals surface area contributed by atoms with Crippen molar-refractivity contribution >= 4 is 179 Å². The Hall–Kier alpha value is -10.2. The maximum absolute atomic E-state index is 13.3. The fourth-order valence-electron chi connectivity index (χ4n) is 9.78. The largest absolute Gasteiger partial charge is 0.454 e. The number of ether oxygens (including phenoxy) is 8. The number of carbonyl (C=O) groups excluding carboxylic acids is 4. The summed E-state index contributed by atoms with van der Waals surface area (Å²) in [6.45, 7) is -19.8. The van der Waals surface area contributed by atoms with Gasteiger partial charge in [-0.25, -0.2) is 52.6 Å². The van der Waals surface area contributed by atoms with Gasteiger partial charge in [-0.1, -0.05) is 67.0 Å². The van der Waals surface area contributed by atoms with Gasteiger partial charge < -0.3 is 56.0 Å². The number of sulfonamides is 4. The zero-order valence-corrected chi connectivity index (χ0v) is 66.6. The van der Waals surface area contributed by atoms with Crippen LogP contribution in [0.2, 0.25) is 20.1 Å². The van der Waals surface area contributed by atoms with Crippen LogP contribution in [0.5, 0.6) is 46.0 Å². The van der Waals surface area contributed by atoms with Crippen molar-refractivity contribution in [2.24, 2.45) is 0 Å². The molecule has 608 valence electrons. The first-order chi connectivity index (χ1) is 67.0. The van der Waals surface area contributed by atoms with Gasteiger partial charge in [0, 0.05) is 55.7 Å². The van der Waals surface area contributed by atoms with Crippen molar-refractivity contribution in [3.63, 3.8) is 0 Å². The number of thiophene rings is 4. The molecule has 0 amide bonds. The van der Waals surface area contributed by atoms with E-state index in [1.165, 1.54) is 52.7 Å². The van der Waals surface area contributed by atoms with Gasteiger partial charge in [-0.15, -0.1) is 45.3 Å². The van der Waals surface area contributed by atoms with Crippen molar-refractivity contribution in [3.05, 3.63) is 201 Å². The van der Waals surface area contributed by atoms with Crippen LogP contribution in [0, 0.1) is 55.0 Å². The van der Waals surface area contributed by atoms with Crippen LogP contribution in [0.3, 0.4) is 0 Å². The predicted molar refractivity (Wildman–Crippen MR) is 427 cm³/mol. The first-order valence-electron chi connectivity index (χ1n) is 46.2. The van der Waals surface area contributed by atoms with E-state index in [4.69, 9.17) is 144 Å². The number of aryl methyl sites for hydroxylation is 6. The lowest BCUT2D eigenvalue weighted by Crippen LogP contribution is -2.16. The third-order valence-corrected chi connectivity index (χ3v) is 26.4. The number of anilines is 4. The highest BCUT2D eigenvalue weighted by Crippen LogP contribution is 2.42. The Balaban J connectivity index is 0.000000163. The molecule has 4 aliphatic rings. The van der Waals surface area contributed by atoms with E-state index in [-0.39, 0.29) is 50.7 Å². The number of rotatable bonds is 24. The fourth-order valence-corrected chi connectivity index (χ4v) is 19.9. The number of hydrogen-bond donors (Lipinski definition) is 4. The summed E-state index contributed by atoms with van der Waals surface area (Å²) in [6.07, 6.45) is -6.96. The van der Waals surface area contributed by atoms with Gasteiger partial charge in [0.1, 0.15) is 67.9 Å². The minimum absolute atomic E-state index is 0.00736. The molecule has 116 heavy (non-hydrogen) atoms. The summed E-state index contributed by atoms with van der Waals surface area (Å²) in [5.74, 6) is -7.85. The molecule has 0 radical (unpaired) electrons. The molecule has 0 bridgehead atoms. The molecular weight excluding hydrogens is 1760 g/mol. The lowest BCUT2D eigenvalue weighted by atomic mass is 10.0. The van der Waals surface area contributed by atoms with E-state index in [9.17, 15) is 52.8 Å². The maximum atomic E-state index is 13.3. The van der Waals surface area contributed by atoms with Crippen LogP contribution >= 0.6 is 91.8 Å². The summed E-state index contributed by atoms with van der Waals surface area (Å²) < 4.78 is 404. The van der Waals surface area contributed by atoms with Crippen LogP contribution in [-0.4, -0.2) is 105 Å². The van der Waals surface area contributed by atoms with Crippen LogP contribution in [-0.2, 0) is 65.7 Å². The first kappa shape index (κ1) is 53.2.